The molecule has 0 bridgehead atoms. The monoisotopic (exact) mass is 214 g/mol. The molecule has 0 atom stereocenters. The second kappa shape index (κ2) is 4.52. The summed E-state index contributed by atoms with van der Waals surface area (Å²) in [5, 5.41) is 0. The van der Waals surface area contributed by atoms with Crippen molar-refractivity contribution in [2.75, 3.05) is 13.7 Å². The van der Waals surface area contributed by atoms with Gasteiger partial charge in [-0.1, -0.05) is 0 Å². The zero-order chi connectivity index (χ0) is 11.5. The lowest BCUT2D eigenvalue weighted by Gasteiger charge is -2.23. The SMILES string of the molecule is COCCCC1(C(=O)OC(C)(C)C)CC1. The van der Waals surface area contributed by atoms with Crippen LogP contribution in [-0.4, -0.2) is 25.3 Å². The minimum absolute atomic E-state index is 0.0221. The molecule has 0 radical (unpaired) electrons. The van der Waals surface area contributed by atoms with Gasteiger partial charge in [0.25, 0.3) is 0 Å². The lowest BCUT2D eigenvalue weighted by Crippen LogP contribution is -2.29. The van der Waals surface area contributed by atoms with Crippen molar-refractivity contribution in [3.8, 4) is 0 Å². The molecular formula is C12H22O3. The van der Waals surface area contributed by atoms with Crippen LogP contribution in [0.5, 0.6) is 0 Å². The first-order valence-corrected chi connectivity index (χ1v) is 5.62. The highest BCUT2D eigenvalue weighted by molar-refractivity contribution is 5.80. The number of ether oxygens (including phenoxy) is 2. The molecule has 15 heavy (non-hydrogen) atoms. The Kier molecular flexibility index (Phi) is 3.77. The summed E-state index contributed by atoms with van der Waals surface area (Å²) in [7, 11) is 1.69. The lowest BCUT2D eigenvalue weighted by atomic mass is 10.0. The second-order valence-electron chi connectivity index (χ2n) is 5.38. The fraction of sp³-hybridized carbons (Fsp3) is 0.917. The Bertz CT molecular complexity index is 224. The minimum Gasteiger partial charge on any atom is -0.460 e. The van der Waals surface area contributed by atoms with Gasteiger partial charge in [0, 0.05) is 13.7 Å². The Morgan fingerprint density at radius 3 is 2.33 bits per heavy atom. The number of carbonyl (C=O) groups excluding carboxylic acids is 1. The van der Waals surface area contributed by atoms with Crippen molar-refractivity contribution in [3.05, 3.63) is 0 Å². The first-order chi connectivity index (χ1) is 6.90. The van der Waals surface area contributed by atoms with Gasteiger partial charge in [-0.15, -0.1) is 0 Å². The van der Waals surface area contributed by atoms with Gasteiger partial charge in [-0.2, -0.15) is 0 Å². The normalized spacial score (nSPS) is 18.7. The number of hydrogen-bond acceptors (Lipinski definition) is 3. The van der Waals surface area contributed by atoms with Crippen molar-refractivity contribution in [2.24, 2.45) is 5.41 Å². The number of esters is 1. The number of carbonyl (C=O) groups is 1. The molecule has 0 aromatic carbocycles. The van der Waals surface area contributed by atoms with E-state index in [9.17, 15) is 4.79 Å². The Labute approximate surface area is 92.1 Å². The predicted molar refractivity (Wildman–Crippen MR) is 58.6 cm³/mol. The van der Waals surface area contributed by atoms with Crippen LogP contribution in [0.2, 0.25) is 0 Å². The first kappa shape index (κ1) is 12.5. The molecule has 1 saturated carbocycles. The molecule has 0 saturated heterocycles. The van der Waals surface area contributed by atoms with Crippen molar-refractivity contribution in [1.29, 1.82) is 0 Å². The van der Waals surface area contributed by atoms with Crippen LogP contribution in [0.15, 0.2) is 0 Å². The van der Waals surface area contributed by atoms with E-state index in [1.165, 1.54) is 0 Å². The van der Waals surface area contributed by atoms with Gasteiger partial charge in [0.05, 0.1) is 5.41 Å². The Balaban J connectivity index is 2.38. The Hall–Kier alpha value is -0.570. The van der Waals surface area contributed by atoms with Crippen LogP contribution in [0.25, 0.3) is 0 Å². The zero-order valence-corrected chi connectivity index (χ0v) is 10.3. The van der Waals surface area contributed by atoms with E-state index >= 15 is 0 Å². The van der Waals surface area contributed by atoms with Crippen molar-refractivity contribution in [1.82, 2.24) is 0 Å². The summed E-state index contributed by atoms with van der Waals surface area (Å²) in [4.78, 5) is 11.9. The third-order valence-electron chi connectivity index (χ3n) is 2.69. The topological polar surface area (TPSA) is 35.5 Å². The van der Waals surface area contributed by atoms with E-state index < -0.39 is 0 Å². The summed E-state index contributed by atoms with van der Waals surface area (Å²) >= 11 is 0. The zero-order valence-electron chi connectivity index (χ0n) is 10.3. The van der Waals surface area contributed by atoms with Crippen molar-refractivity contribution in [2.45, 2.75) is 52.1 Å². The van der Waals surface area contributed by atoms with E-state index in [0.29, 0.717) is 0 Å². The molecule has 0 unspecified atom stereocenters. The quantitative estimate of drug-likeness (QED) is 0.521. The summed E-state index contributed by atoms with van der Waals surface area (Å²) in [6.07, 6.45) is 3.79. The maximum atomic E-state index is 11.9. The van der Waals surface area contributed by atoms with Gasteiger partial charge in [0.1, 0.15) is 5.60 Å². The maximum absolute atomic E-state index is 11.9. The molecular weight excluding hydrogens is 192 g/mol. The summed E-state index contributed by atoms with van der Waals surface area (Å²) < 4.78 is 10.4. The number of rotatable bonds is 5. The fourth-order valence-electron chi connectivity index (χ4n) is 1.65. The summed E-state index contributed by atoms with van der Waals surface area (Å²) in [6, 6.07) is 0. The third kappa shape index (κ3) is 3.82. The predicted octanol–water partition coefficient (Wildman–Crippen LogP) is 2.53. The molecule has 1 aliphatic rings. The maximum Gasteiger partial charge on any atom is 0.312 e. The summed E-state index contributed by atoms with van der Waals surface area (Å²) in [5.74, 6) is -0.0221. The molecule has 0 amide bonds. The Morgan fingerprint density at radius 1 is 1.33 bits per heavy atom. The molecule has 0 N–H and O–H groups in total. The molecule has 1 aliphatic carbocycles. The van der Waals surface area contributed by atoms with Crippen LogP contribution in [0, 0.1) is 5.41 Å². The standard InChI is InChI=1S/C12H22O3/c1-11(2,3)15-10(13)12(7-8-12)6-5-9-14-4/h5-9H2,1-4H3. The smallest absolute Gasteiger partial charge is 0.312 e. The van der Waals surface area contributed by atoms with Gasteiger partial charge in [0.15, 0.2) is 0 Å². The van der Waals surface area contributed by atoms with E-state index in [1.807, 2.05) is 20.8 Å². The van der Waals surface area contributed by atoms with Gasteiger partial charge in [-0.05, 0) is 46.5 Å². The van der Waals surface area contributed by atoms with Crippen LogP contribution in [-0.2, 0) is 14.3 Å². The lowest BCUT2D eigenvalue weighted by molar-refractivity contribution is -0.162. The minimum atomic E-state index is -0.367. The molecule has 88 valence electrons. The van der Waals surface area contributed by atoms with Gasteiger partial charge < -0.3 is 9.47 Å². The molecule has 0 spiro atoms. The number of hydrogen-bond donors (Lipinski definition) is 0. The summed E-state index contributed by atoms with van der Waals surface area (Å²) in [6.45, 7) is 6.47. The van der Waals surface area contributed by atoms with Crippen LogP contribution < -0.4 is 0 Å². The molecule has 0 aromatic heterocycles. The average molecular weight is 214 g/mol. The summed E-state index contributed by atoms with van der Waals surface area (Å²) in [5.41, 5.74) is -0.542. The van der Waals surface area contributed by atoms with Crippen LogP contribution >= 0.6 is 0 Å². The molecule has 3 nitrogen and oxygen atoms in total. The number of methoxy groups -OCH3 is 1. The van der Waals surface area contributed by atoms with Crippen LogP contribution in [0.3, 0.4) is 0 Å². The van der Waals surface area contributed by atoms with Crippen molar-refractivity contribution >= 4 is 5.97 Å². The van der Waals surface area contributed by atoms with E-state index in [1.54, 1.807) is 7.11 Å². The first-order valence-electron chi connectivity index (χ1n) is 5.62. The molecule has 0 heterocycles. The molecule has 1 fully saturated rings. The molecule has 1 rings (SSSR count). The fourth-order valence-corrected chi connectivity index (χ4v) is 1.65. The molecule has 0 aromatic rings. The van der Waals surface area contributed by atoms with Crippen LogP contribution in [0.4, 0.5) is 0 Å². The molecule has 3 heteroatoms. The van der Waals surface area contributed by atoms with Gasteiger partial charge in [-0.3, -0.25) is 4.79 Å². The average Bonchev–Trinajstić information content (AvgIpc) is 2.83. The largest absolute Gasteiger partial charge is 0.460 e. The van der Waals surface area contributed by atoms with Gasteiger partial charge in [-0.25, -0.2) is 0 Å². The van der Waals surface area contributed by atoms with Crippen molar-refractivity contribution < 1.29 is 14.3 Å². The van der Waals surface area contributed by atoms with Crippen molar-refractivity contribution in [3.63, 3.8) is 0 Å². The Morgan fingerprint density at radius 2 is 1.93 bits per heavy atom. The van der Waals surface area contributed by atoms with E-state index in [-0.39, 0.29) is 17.0 Å². The molecule has 0 aliphatic heterocycles. The van der Waals surface area contributed by atoms with Gasteiger partial charge in [0.2, 0.25) is 0 Å². The highest BCUT2D eigenvalue weighted by atomic mass is 16.6. The van der Waals surface area contributed by atoms with E-state index in [2.05, 4.69) is 0 Å². The van der Waals surface area contributed by atoms with E-state index in [4.69, 9.17) is 9.47 Å². The third-order valence-corrected chi connectivity index (χ3v) is 2.69. The second-order valence-corrected chi connectivity index (χ2v) is 5.38. The van der Waals surface area contributed by atoms with Crippen LogP contribution in [0.1, 0.15) is 46.5 Å². The van der Waals surface area contributed by atoms with E-state index in [0.717, 1.165) is 32.3 Å². The van der Waals surface area contributed by atoms with Gasteiger partial charge >= 0.3 is 5.97 Å². The highest BCUT2D eigenvalue weighted by Gasteiger charge is 2.51. The highest BCUT2D eigenvalue weighted by Crippen LogP contribution is 2.51.